The number of aliphatic hydroxyl groups is 1. The van der Waals surface area contributed by atoms with Crippen molar-refractivity contribution in [2.24, 2.45) is 0 Å². The molecule has 0 saturated carbocycles. The van der Waals surface area contributed by atoms with Crippen molar-refractivity contribution in [1.29, 1.82) is 0 Å². The lowest BCUT2D eigenvalue weighted by atomic mass is 9.82. The number of carbonyl (C=O) groups excluding carboxylic acids is 1. The Bertz CT molecular complexity index is 341. The van der Waals surface area contributed by atoms with E-state index >= 15 is 0 Å². The smallest absolute Gasteiger partial charge is 0.410 e. The lowest BCUT2D eigenvalue weighted by molar-refractivity contribution is -0.0562. The molecule has 1 atom stereocenters. The Morgan fingerprint density at radius 3 is 2.18 bits per heavy atom. The summed E-state index contributed by atoms with van der Waals surface area (Å²) in [7, 11) is 0. The summed E-state index contributed by atoms with van der Waals surface area (Å²) in [5.41, 5.74) is -1.26. The number of nitrogens with zero attached hydrogens (tertiary/aromatic N) is 1. The SMILES string of the molecule is CCCCC(O)(CCCC)[C@@H]1CCCN1C(=O)OC(C)(C)C. The number of unbranched alkanes of at least 4 members (excludes halogenated alkanes) is 2. The van der Waals surface area contributed by atoms with Crippen molar-refractivity contribution in [2.45, 2.75) is 103 Å². The lowest BCUT2D eigenvalue weighted by Gasteiger charge is -2.40. The van der Waals surface area contributed by atoms with E-state index in [1.807, 2.05) is 20.8 Å². The Morgan fingerprint density at radius 2 is 1.73 bits per heavy atom. The van der Waals surface area contributed by atoms with E-state index in [0.717, 1.165) is 51.4 Å². The highest BCUT2D eigenvalue weighted by Crippen LogP contribution is 2.35. The van der Waals surface area contributed by atoms with Gasteiger partial charge in [0.1, 0.15) is 5.60 Å². The maximum Gasteiger partial charge on any atom is 0.410 e. The molecule has 0 spiro atoms. The van der Waals surface area contributed by atoms with Gasteiger partial charge >= 0.3 is 6.09 Å². The van der Waals surface area contributed by atoms with Gasteiger partial charge in [0.05, 0.1) is 11.6 Å². The first-order chi connectivity index (χ1) is 10.2. The molecule has 1 amide bonds. The van der Waals surface area contributed by atoms with Crippen LogP contribution < -0.4 is 0 Å². The van der Waals surface area contributed by atoms with E-state index in [-0.39, 0.29) is 12.1 Å². The Morgan fingerprint density at radius 1 is 1.18 bits per heavy atom. The summed E-state index contributed by atoms with van der Waals surface area (Å²) in [6.07, 6.45) is 7.22. The summed E-state index contributed by atoms with van der Waals surface area (Å²) in [4.78, 5) is 14.2. The van der Waals surface area contributed by atoms with Crippen molar-refractivity contribution in [3.8, 4) is 0 Å². The average Bonchev–Trinajstić information content (AvgIpc) is 2.91. The van der Waals surface area contributed by atoms with Gasteiger partial charge in [0.2, 0.25) is 0 Å². The molecule has 1 saturated heterocycles. The van der Waals surface area contributed by atoms with E-state index < -0.39 is 11.2 Å². The summed E-state index contributed by atoms with van der Waals surface area (Å²) in [6.45, 7) is 10.6. The second kappa shape index (κ2) is 8.19. The van der Waals surface area contributed by atoms with Gasteiger partial charge in [-0.05, 0) is 46.5 Å². The Kier molecular flexibility index (Phi) is 7.17. The Hall–Kier alpha value is -0.770. The zero-order valence-electron chi connectivity index (χ0n) is 15.2. The van der Waals surface area contributed by atoms with Crippen molar-refractivity contribution < 1.29 is 14.6 Å². The minimum Gasteiger partial charge on any atom is -0.444 e. The molecule has 130 valence electrons. The molecule has 4 nitrogen and oxygen atoms in total. The molecule has 22 heavy (non-hydrogen) atoms. The number of amides is 1. The van der Waals surface area contributed by atoms with Crippen LogP contribution >= 0.6 is 0 Å². The molecule has 4 heteroatoms. The quantitative estimate of drug-likeness (QED) is 0.753. The van der Waals surface area contributed by atoms with Crippen LogP contribution in [0.15, 0.2) is 0 Å². The number of hydrogen-bond donors (Lipinski definition) is 1. The van der Waals surface area contributed by atoms with Crippen molar-refractivity contribution in [3.05, 3.63) is 0 Å². The number of hydrogen-bond acceptors (Lipinski definition) is 3. The molecule has 1 rings (SSSR count). The number of rotatable bonds is 7. The van der Waals surface area contributed by atoms with Gasteiger partial charge in [0.15, 0.2) is 0 Å². The molecular weight excluding hydrogens is 278 g/mol. The molecule has 0 radical (unpaired) electrons. The molecule has 0 aliphatic carbocycles. The molecule has 1 aliphatic heterocycles. The molecular formula is C18H35NO3. The maximum atomic E-state index is 12.5. The van der Waals surface area contributed by atoms with Crippen molar-refractivity contribution in [3.63, 3.8) is 0 Å². The van der Waals surface area contributed by atoms with E-state index in [2.05, 4.69) is 13.8 Å². The topological polar surface area (TPSA) is 49.8 Å². The first kappa shape index (κ1) is 19.3. The molecule has 0 aromatic heterocycles. The van der Waals surface area contributed by atoms with Crippen molar-refractivity contribution in [2.75, 3.05) is 6.54 Å². The van der Waals surface area contributed by atoms with E-state index in [4.69, 9.17) is 4.74 Å². The standard InChI is InChI=1S/C18H35NO3/c1-6-8-12-18(21,13-9-7-2)15-11-10-14-19(15)16(20)22-17(3,4)5/h15,21H,6-14H2,1-5H3/t15-/m0/s1. The van der Waals surface area contributed by atoms with Crippen LogP contribution in [0.3, 0.4) is 0 Å². The number of carbonyl (C=O) groups is 1. The molecule has 1 fully saturated rings. The van der Waals surface area contributed by atoms with Crippen LogP contribution in [0.2, 0.25) is 0 Å². The van der Waals surface area contributed by atoms with Gasteiger partial charge in [-0.15, -0.1) is 0 Å². The van der Waals surface area contributed by atoms with Crippen LogP contribution in [0.5, 0.6) is 0 Å². The van der Waals surface area contributed by atoms with Crippen LogP contribution in [0.25, 0.3) is 0 Å². The van der Waals surface area contributed by atoms with Crippen LogP contribution in [0, 0.1) is 0 Å². The van der Waals surface area contributed by atoms with Crippen LogP contribution in [0.4, 0.5) is 4.79 Å². The zero-order chi connectivity index (χ0) is 16.8. The van der Waals surface area contributed by atoms with E-state index in [9.17, 15) is 9.90 Å². The van der Waals surface area contributed by atoms with Crippen molar-refractivity contribution in [1.82, 2.24) is 4.90 Å². The summed E-state index contributed by atoms with van der Waals surface area (Å²) < 4.78 is 5.53. The fourth-order valence-electron chi connectivity index (χ4n) is 3.29. The second-order valence-electron chi connectivity index (χ2n) is 7.64. The summed E-state index contributed by atoms with van der Waals surface area (Å²) in [5.74, 6) is 0. The van der Waals surface area contributed by atoms with Crippen molar-refractivity contribution >= 4 is 6.09 Å². The van der Waals surface area contributed by atoms with Gasteiger partial charge in [-0.3, -0.25) is 0 Å². The third-order valence-electron chi connectivity index (χ3n) is 4.43. The maximum absolute atomic E-state index is 12.5. The highest BCUT2D eigenvalue weighted by Gasteiger charge is 2.44. The fourth-order valence-corrected chi connectivity index (χ4v) is 3.29. The third kappa shape index (κ3) is 5.45. The third-order valence-corrected chi connectivity index (χ3v) is 4.43. The number of ether oxygens (including phenoxy) is 1. The van der Waals surface area contributed by atoms with E-state index in [1.165, 1.54) is 0 Å². The normalized spacial score (nSPS) is 19.5. The molecule has 0 bridgehead atoms. The molecule has 1 N–H and O–H groups in total. The van der Waals surface area contributed by atoms with Gasteiger partial charge in [-0.1, -0.05) is 39.5 Å². The van der Waals surface area contributed by atoms with Crippen LogP contribution in [-0.2, 0) is 4.74 Å². The largest absolute Gasteiger partial charge is 0.444 e. The molecule has 1 heterocycles. The second-order valence-corrected chi connectivity index (χ2v) is 7.64. The predicted octanol–water partition coefficient (Wildman–Crippen LogP) is 4.50. The van der Waals surface area contributed by atoms with Crippen LogP contribution in [-0.4, -0.2) is 39.9 Å². The predicted molar refractivity (Wildman–Crippen MR) is 90.0 cm³/mol. The summed E-state index contributed by atoms with van der Waals surface area (Å²) in [6, 6.07) is -0.0968. The zero-order valence-corrected chi connectivity index (χ0v) is 15.2. The minimum absolute atomic E-state index is 0.0968. The highest BCUT2D eigenvalue weighted by atomic mass is 16.6. The average molecular weight is 313 g/mol. The first-order valence-electron chi connectivity index (χ1n) is 8.95. The van der Waals surface area contributed by atoms with E-state index in [1.54, 1.807) is 4.90 Å². The fraction of sp³-hybridized carbons (Fsp3) is 0.944. The Balaban J connectivity index is 2.84. The monoisotopic (exact) mass is 313 g/mol. The minimum atomic E-state index is -0.764. The highest BCUT2D eigenvalue weighted by molar-refractivity contribution is 5.69. The van der Waals surface area contributed by atoms with Gasteiger partial charge in [-0.2, -0.15) is 0 Å². The summed E-state index contributed by atoms with van der Waals surface area (Å²) >= 11 is 0. The lowest BCUT2D eigenvalue weighted by Crippen LogP contribution is -2.52. The first-order valence-corrected chi connectivity index (χ1v) is 8.95. The molecule has 0 aromatic rings. The van der Waals surface area contributed by atoms with Gasteiger partial charge < -0.3 is 14.7 Å². The summed E-state index contributed by atoms with van der Waals surface area (Å²) in [5, 5.41) is 11.2. The Labute approximate surface area is 136 Å². The number of likely N-dealkylation sites (tertiary alicyclic amines) is 1. The molecule has 0 aromatic carbocycles. The molecule has 0 unspecified atom stereocenters. The van der Waals surface area contributed by atoms with Gasteiger partial charge in [-0.25, -0.2) is 4.79 Å². The molecule has 1 aliphatic rings. The van der Waals surface area contributed by atoms with Crippen LogP contribution in [0.1, 0.15) is 86.0 Å². The van der Waals surface area contributed by atoms with E-state index in [0.29, 0.717) is 6.54 Å². The van der Waals surface area contributed by atoms with Gasteiger partial charge in [0, 0.05) is 6.54 Å². The van der Waals surface area contributed by atoms with Gasteiger partial charge in [0.25, 0.3) is 0 Å².